The first-order chi connectivity index (χ1) is 11.1. The quantitative estimate of drug-likeness (QED) is 0.840. The van der Waals surface area contributed by atoms with E-state index < -0.39 is 0 Å². The van der Waals surface area contributed by atoms with Crippen molar-refractivity contribution >= 4 is 0 Å². The number of nitrogens with zero attached hydrogens (tertiary/aromatic N) is 3. The minimum absolute atomic E-state index is 0.604. The molecule has 4 nitrogen and oxygen atoms in total. The summed E-state index contributed by atoms with van der Waals surface area (Å²) < 4.78 is 5.90. The van der Waals surface area contributed by atoms with Gasteiger partial charge in [-0.2, -0.15) is 0 Å². The third-order valence-corrected chi connectivity index (χ3v) is 4.93. The van der Waals surface area contributed by atoms with Crippen LogP contribution in [0, 0.1) is 11.8 Å². The van der Waals surface area contributed by atoms with Crippen LogP contribution in [0.4, 0.5) is 0 Å². The molecule has 0 spiro atoms. The van der Waals surface area contributed by atoms with Crippen molar-refractivity contribution in [2.24, 2.45) is 11.8 Å². The van der Waals surface area contributed by atoms with E-state index in [2.05, 4.69) is 35.9 Å². The molecule has 0 N–H and O–H groups in total. The molecule has 2 aromatic rings. The van der Waals surface area contributed by atoms with E-state index in [1.54, 1.807) is 0 Å². The predicted molar refractivity (Wildman–Crippen MR) is 91.8 cm³/mol. The van der Waals surface area contributed by atoms with Crippen molar-refractivity contribution in [2.45, 2.75) is 52.6 Å². The second-order valence-corrected chi connectivity index (χ2v) is 7.12. The monoisotopic (exact) mass is 313 g/mol. The Hall–Kier alpha value is -1.68. The summed E-state index contributed by atoms with van der Waals surface area (Å²) >= 11 is 0. The summed E-state index contributed by atoms with van der Waals surface area (Å²) in [6, 6.07) is 10.6. The lowest BCUT2D eigenvalue weighted by molar-refractivity contribution is 0.136. The number of benzene rings is 1. The number of hydrogen-bond donors (Lipinski definition) is 0. The zero-order valence-electron chi connectivity index (χ0n) is 14.4. The van der Waals surface area contributed by atoms with Crippen molar-refractivity contribution < 1.29 is 4.42 Å². The highest BCUT2D eigenvalue weighted by atomic mass is 16.4. The van der Waals surface area contributed by atoms with Crippen LogP contribution >= 0.6 is 0 Å². The number of aromatic nitrogens is 2. The second-order valence-electron chi connectivity index (χ2n) is 7.12. The molecule has 124 valence electrons. The van der Waals surface area contributed by atoms with Gasteiger partial charge in [-0.15, -0.1) is 10.2 Å². The van der Waals surface area contributed by atoms with Crippen LogP contribution in [-0.4, -0.2) is 27.7 Å². The van der Waals surface area contributed by atoms with Crippen molar-refractivity contribution in [2.75, 3.05) is 6.54 Å². The lowest BCUT2D eigenvalue weighted by atomic mass is 9.95. The highest BCUT2D eigenvalue weighted by Gasteiger charge is 2.27. The van der Waals surface area contributed by atoms with Gasteiger partial charge in [-0.25, -0.2) is 0 Å². The maximum absolute atomic E-state index is 5.90. The summed E-state index contributed by atoms with van der Waals surface area (Å²) in [5.74, 6) is 2.80. The summed E-state index contributed by atoms with van der Waals surface area (Å²) in [5.41, 5.74) is 0.983. The van der Waals surface area contributed by atoms with Gasteiger partial charge in [0.05, 0.1) is 6.54 Å². The van der Waals surface area contributed by atoms with Gasteiger partial charge in [0.1, 0.15) is 0 Å². The van der Waals surface area contributed by atoms with Crippen molar-refractivity contribution in [1.82, 2.24) is 15.1 Å². The summed E-state index contributed by atoms with van der Waals surface area (Å²) in [5, 5.41) is 8.49. The van der Waals surface area contributed by atoms with Crippen LogP contribution in [0.5, 0.6) is 0 Å². The fourth-order valence-electron chi connectivity index (χ4n) is 3.47. The minimum Gasteiger partial charge on any atom is -0.419 e. The van der Waals surface area contributed by atoms with Crippen molar-refractivity contribution in [3.05, 3.63) is 36.2 Å². The van der Waals surface area contributed by atoms with E-state index in [9.17, 15) is 0 Å². The van der Waals surface area contributed by atoms with Gasteiger partial charge in [0, 0.05) is 11.6 Å². The van der Waals surface area contributed by atoms with Gasteiger partial charge in [-0.05, 0) is 49.8 Å². The van der Waals surface area contributed by atoms with Crippen molar-refractivity contribution in [3.8, 4) is 11.5 Å². The normalized spacial score (nSPS) is 23.1. The van der Waals surface area contributed by atoms with Gasteiger partial charge < -0.3 is 4.42 Å². The van der Waals surface area contributed by atoms with Crippen LogP contribution in [0.15, 0.2) is 34.7 Å². The lowest BCUT2D eigenvalue weighted by Crippen LogP contribution is -2.38. The molecule has 2 unspecified atom stereocenters. The highest BCUT2D eigenvalue weighted by molar-refractivity contribution is 5.51. The fourth-order valence-corrected chi connectivity index (χ4v) is 3.47. The van der Waals surface area contributed by atoms with E-state index in [0.29, 0.717) is 17.9 Å². The Morgan fingerprint density at radius 3 is 2.65 bits per heavy atom. The van der Waals surface area contributed by atoms with Gasteiger partial charge in [0.2, 0.25) is 11.8 Å². The molecule has 0 radical (unpaired) electrons. The van der Waals surface area contributed by atoms with E-state index in [4.69, 9.17) is 4.42 Å². The van der Waals surface area contributed by atoms with E-state index in [1.807, 2.05) is 30.3 Å². The highest BCUT2D eigenvalue weighted by Crippen LogP contribution is 2.27. The maximum atomic E-state index is 5.90. The third-order valence-electron chi connectivity index (χ3n) is 4.93. The fraction of sp³-hybridized carbons (Fsp3) is 0.579. The molecule has 1 aliphatic rings. The van der Waals surface area contributed by atoms with Gasteiger partial charge in [-0.1, -0.05) is 39.0 Å². The van der Waals surface area contributed by atoms with Gasteiger partial charge >= 0.3 is 0 Å². The Balaban J connectivity index is 1.73. The number of likely N-dealkylation sites (tertiary alicyclic amines) is 1. The van der Waals surface area contributed by atoms with Crippen LogP contribution < -0.4 is 0 Å². The molecule has 1 saturated heterocycles. The van der Waals surface area contributed by atoms with Gasteiger partial charge in [0.15, 0.2) is 0 Å². The molecule has 2 heterocycles. The molecule has 1 aliphatic heterocycles. The SMILES string of the molecule is CC1CCC(C(C)C)N(Cc2nnc(-c3ccccc3)o2)CC1. The molecule has 1 aromatic heterocycles. The first-order valence-corrected chi connectivity index (χ1v) is 8.75. The molecule has 0 saturated carbocycles. The first kappa shape index (κ1) is 16.2. The average Bonchev–Trinajstić information content (AvgIpc) is 2.93. The van der Waals surface area contributed by atoms with E-state index in [-0.39, 0.29) is 0 Å². The topological polar surface area (TPSA) is 42.2 Å². The predicted octanol–water partition coefficient (Wildman–Crippen LogP) is 4.38. The van der Waals surface area contributed by atoms with Gasteiger partial charge in [0.25, 0.3) is 0 Å². The minimum atomic E-state index is 0.604. The average molecular weight is 313 g/mol. The molecule has 0 amide bonds. The lowest BCUT2D eigenvalue weighted by Gasteiger charge is -2.31. The molecule has 4 heteroatoms. The zero-order chi connectivity index (χ0) is 16.2. The Labute approximate surface area is 138 Å². The zero-order valence-corrected chi connectivity index (χ0v) is 14.4. The largest absolute Gasteiger partial charge is 0.419 e. The van der Waals surface area contributed by atoms with Crippen LogP contribution in [-0.2, 0) is 6.54 Å². The summed E-state index contributed by atoms with van der Waals surface area (Å²) in [7, 11) is 0. The summed E-state index contributed by atoms with van der Waals surface area (Å²) in [6.45, 7) is 8.87. The molecule has 2 atom stereocenters. The molecule has 3 rings (SSSR count). The van der Waals surface area contributed by atoms with Crippen LogP contribution in [0.3, 0.4) is 0 Å². The summed E-state index contributed by atoms with van der Waals surface area (Å²) in [4.78, 5) is 2.54. The number of hydrogen-bond acceptors (Lipinski definition) is 4. The Morgan fingerprint density at radius 1 is 1.13 bits per heavy atom. The van der Waals surface area contributed by atoms with Gasteiger partial charge in [-0.3, -0.25) is 4.90 Å². The maximum Gasteiger partial charge on any atom is 0.247 e. The van der Waals surface area contributed by atoms with E-state index in [1.165, 1.54) is 19.3 Å². The Bertz CT molecular complexity index is 608. The van der Waals surface area contributed by atoms with Crippen LogP contribution in [0.1, 0.15) is 45.9 Å². The molecule has 23 heavy (non-hydrogen) atoms. The molecular weight excluding hydrogens is 286 g/mol. The molecule has 0 aliphatic carbocycles. The van der Waals surface area contributed by atoms with E-state index >= 15 is 0 Å². The molecular formula is C19H27N3O. The standard InChI is InChI=1S/C19H27N3O/c1-14(2)17-10-9-15(3)11-12-22(17)13-18-20-21-19(23-18)16-7-5-4-6-8-16/h4-8,14-15,17H,9-13H2,1-3H3. The molecule has 0 bridgehead atoms. The first-order valence-electron chi connectivity index (χ1n) is 8.75. The van der Waals surface area contributed by atoms with Crippen LogP contribution in [0.25, 0.3) is 11.5 Å². The molecule has 1 aromatic carbocycles. The van der Waals surface area contributed by atoms with Crippen LogP contribution in [0.2, 0.25) is 0 Å². The Morgan fingerprint density at radius 2 is 1.91 bits per heavy atom. The second kappa shape index (κ2) is 7.26. The molecule has 1 fully saturated rings. The van der Waals surface area contributed by atoms with E-state index in [0.717, 1.165) is 30.5 Å². The number of rotatable bonds is 4. The smallest absolute Gasteiger partial charge is 0.247 e. The summed E-state index contributed by atoms with van der Waals surface area (Å²) in [6.07, 6.45) is 3.83. The van der Waals surface area contributed by atoms with Crippen molar-refractivity contribution in [1.29, 1.82) is 0 Å². The third kappa shape index (κ3) is 3.99. The van der Waals surface area contributed by atoms with Crippen molar-refractivity contribution in [3.63, 3.8) is 0 Å². The Kier molecular flexibility index (Phi) is 5.11.